The minimum Gasteiger partial charge on any atom is -0.319 e. The predicted molar refractivity (Wildman–Crippen MR) is 86.1 cm³/mol. The molecule has 0 aliphatic heterocycles. The van der Waals surface area contributed by atoms with E-state index in [1.807, 2.05) is 25.2 Å². The van der Waals surface area contributed by atoms with Crippen molar-refractivity contribution in [2.45, 2.75) is 26.2 Å². The monoisotopic (exact) mass is 317 g/mol. The summed E-state index contributed by atoms with van der Waals surface area (Å²) in [6.07, 6.45) is 2.56. The molecular formula is C15H24ClNO2S. The second-order valence-electron chi connectivity index (χ2n) is 5.14. The summed E-state index contributed by atoms with van der Waals surface area (Å²) in [5.74, 6) is 0.961. The van der Waals surface area contributed by atoms with E-state index in [1.54, 1.807) is 6.92 Å². The molecule has 0 spiro atoms. The third-order valence-corrected chi connectivity index (χ3v) is 5.44. The fourth-order valence-electron chi connectivity index (χ4n) is 2.30. The molecule has 0 saturated heterocycles. The Balaban J connectivity index is 2.52. The van der Waals surface area contributed by atoms with E-state index in [0.717, 1.165) is 30.8 Å². The highest BCUT2D eigenvalue weighted by atomic mass is 35.5. The lowest BCUT2D eigenvalue weighted by Crippen LogP contribution is -2.22. The molecule has 0 fully saturated rings. The maximum absolute atomic E-state index is 11.5. The van der Waals surface area contributed by atoms with Crippen molar-refractivity contribution in [1.29, 1.82) is 0 Å². The van der Waals surface area contributed by atoms with Gasteiger partial charge in [0.15, 0.2) is 0 Å². The molecule has 1 N–H and O–H groups in total. The van der Waals surface area contributed by atoms with Crippen LogP contribution in [0.1, 0.15) is 25.3 Å². The standard InChI is InChI=1S/C15H24ClNO2S/c1-3-20(18,19)9-5-7-14(12-17-2)10-13-6-4-8-15(16)11-13/h4,6,8,11,14,17H,3,5,7,9-10,12H2,1-2H3. The zero-order chi connectivity index (χ0) is 15.0. The summed E-state index contributed by atoms with van der Waals surface area (Å²) in [5, 5.41) is 3.93. The van der Waals surface area contributed by atoms with Crippen molar-refractivity contribution in [3.8, 4) is 0 Å². The van der Waals surface area contributed by atoms with Gasteiger partial charge in [0.05, 0.1) is 5.75 Å². The normalized spacial score (nSPS) is 13.3. The molecule has 5 heteroatoms. The minimum absolute atomic E-state index is 0.234. The largest absolute Gasteiger partial charge is 0.319 e. The summed E-state index contributed by atoms with van der Waals surface area (Å²) in [5.41, 5.74) is 1.20. The van der Waals surface area contributed by atoms with Crippen molar-refractivity contribution in [1.82, 2.24) is 5.32 Å². The van der Waals surface area contributed by atoms with Crippen molar-refractivity contribution >= 4 is 21.4 Å². The third-order valence-electron chi connectivity index (χ3n) is 3.41. The smallest absolute Gasteiger partial charge is 0.150 e. The second kappa shape index (κ2) is 8.65. The molecule has 1 atom stereocenters. The molecule has 0 amide bonds. The molecule has 0 bridgehead atoms. The van der Waals surface area contributed by atoms with E-state index in [4.69, 9.17) is 11.6 Å². The number of halogens is 1. The summed E-state index contributed by atoms with van der Waals surface area (Å²) in [6.45, 7) is 2.59. The van der Waals surface area contributed by atoms with Crippen LogP contribution in [-0.4, -0.2) is 33.5 Å². The molecule has 0 aliphatic carbocycles. The SMILES string of the molecule is CCS(=O)(=O)CCCC(CNC)Cc1cccc(Cl)c1. The Kier molecular flexibility index (Phi) is 7.56. The first kappa shape index (κ1) is 17.5. The van der Waals surface area contributed by atoms with Gasteiger partial charge in [0, 0.05) is 10.8 Å². The van der Waals surface area contributed by atoms with Crippen LogP contribution in [0.4, 0.5) is 0 Å². The van der Waals surface area contributed by atoms with Gasteiger partial charge in [-0.25, -0.2) is 8.42 Å². The first-order valence-electron chi connectivity index (χ1n) is 7.06. The summed E-state index contributed by atoms with van der Waals surface area (Å²) >= 11 is 5.99. The number of rotatable bonds is 9. The molecule has 1 rings (SSSR count). The van der Waals surface area contributed by atoms with Gasteiger partial charge < -0.3 is 5.32 Å². The molecule has 1 aromatic rings. The van der Waals surface area contributed by atoms with E-state index in [0.29, 0.717) is 11.7 Å². The van der Waals surface area contributed by atoms with Crippen LogP contribution in [0.3, 0.4) is 0 Å². The van der Waals surface area contributed by atoms with E-state index < -0.39 is 9.84 Å². The van der Waals surface area contributed by atoms with Crippen LogP contribution in [0.2, 0.25) is 5.02 Å². The van der Waals surface area contributed by atoms with Crippen LogP contribution >= 0.6 is 11.6 Å². The van der Waals surface area contributed by atoms with Gasteiger partial charge in [0.1, 0.15) is 9.84 Å². The Morgan fingerprint density at radius 3 is 2.70 bits per heavy atom. The van der Waals surface area contributed by atoms with E-state index in [2.05, 4.69) is 11.4 Å². The van der Waals surface area contributed by atoms with Gasteiger partial charge in [-0.1, -0.05) is 30.7 Å². The fourth-order valence-corrected chi connectivity index (χ4v) is 3.41. The van der Waals surface area contributed by atoms with Crippen LogP contribution in [0.15, 0.2) is 24.3 Å². The zero-order valence-corrected chi connectivity index (χ0v) is 13.8. The minimum atomic E-state index is -2.85. The third kappa shape index (κ3) is 6.73. The first-order chi connectivity index (χ1) is 9.46. The van der Waals surface area contributed by atoms with Gasteiger partial charge in [-0.15, -0.1) is 0 Å². The van der Waals surface area contributed by atoms with Gasteiger partial charge in [0.25, 0.3) is 0 Å². The Bertz CT molecular complexity index is 502. The van der Waals surface area contributed by atoms with Gasteiger partial charge in [-0.2, -0.15) is 0 Å². The average molecular weight is 318 g/mol. The lowest BCUT2D eigenvalue weighted by molar-refractivity contribution is 0.455. The summed E-state index contributed by atoms with van der Waals surface area (Å²) in [7, 11) is -0.927. The number of nitrogens with one attached hydrogen (secondary N) is 1. The lowest BCUT2D eigenvalue weighted by atomic mass is 9.95. The van der Waals surface area contributed by atoms with E-state index in [9.17, 15) is 8.42 Å². The molecule has 0 aliphatic rings. The van der Waals surface area contributed by atoms with Crippen LogP contribution in [0.25, 0.3) is 0 Å². The van der Waals surface area contributed by atoms with Crippen LogP contribution in [-0.2, 0) is 16.3 Å². The lowest BCUT2D eigenvalue weighted by Gasteiger charge is -2.16. The predicted octanol–water partition coefficient (Wildman–Crippen LogP) is 2.93. The fraction of sp³-hybridized carbons (Fsp3) is 0.600. The van der Waals surface area contributed by atoms with Crippen molar-refractivity contribution in [3.05, 3.63) is 34.9 Å². The molecule has 3 nitrogen and oxygen atoms in total. The molecule has 0 aromatic heterocycles. The van der Waals surface area contributed by atoms with Crippen LogP contribution < -0.4 is 5.32 Å². The Hall–Kier alpha value is -0.580. The molecule has 0 radical (unpaired) electrons. The van der Waals surface area contributed by atoms with Crippen LogP contribution in [0, 0.1) is 5.92 Å². The van der Waals surface area contributed by atoms with E-state index >= 15 is 0 Å². The molecule has 20 heavy (non-hydrogen) atoms. The van der Waals surface area contributed by atoms with E-state index in [-0.39, 0.29) is 5.75 Å². The summed E-state index contributed by atoms with van der Waals surface area (Å²) in [6, 6.07) is 7.87. The maximum atomic E-state index is 11.5. The number of hydrogen-bond acceptors (Lipinski definition) is 3. The van der Waals surface area contributed by atoms with Crippen molar-refractivity contribution in [3.63, 3.8) is 0 Å². The Morgan fingerprint density at radius 1 is 1.35 bits per heavy atom. The first-order valence-corrected chi connectivity index (χ1v) is 9.26. The molecule has 1 unspecified atom stereocenters. The summed E-state index contributed by atoms with van der Waals surface area (Å²) in [4.78, 5) is 0. The molecule has 0 heterocycles. The van der Waals surface area contributed by atoms with Crippen molar-refractivity contribution in [2.24, 2.45) is 5.92 Å². The molecule has 114 valence electrons. The van der Waals surface area contributed by atoms with Gasteiger partial charge in [-0.3, -0.25) is 0 Å². The highest BCUT2D eigenvalue weighted by Gasteiger charge is 2.12. The number of sulfone groups is 1. The van der Waals surface area contributed by atoms with Crippen molar-refractivity contribution < 1.29 is 8.42 Å². The molecule has 0 saturated carbocycles. The summed E-state index contributed by atoms with van der Waals surface area (Å²) < 4.78 is 23.0. The quantitative estimate of drug-likeness (QED) is 0.761. The maximum Gasteiger partial charge on any atom is 0.150 e. The number of hydrogen-bond donors (Lipinski definition) is 1. The van der Waals surface area contributed by atoms with Crippen LogP contribution in [0.5, 0.6) is 0 Å². The van der Waals surface area contributed by atoms with E-state index in [1.165, 1.54) is 5.56 Å². The Morgan fingerprint density at radius 2 is 2.10 bits per heavy atom. The number of benzene rings is 1. The highest BCUT2D eigenvalue weighted by Crippen LogP contribution is 2.17. The van der Waals surface area contributed by atoms with Crippen molar-refractivity contribution in [2.75, 3.05) is 25.1 Å². The van der Waals surface area contributed by atoms with Gasteiger partial charge >= 0.3 is 0 Å². The molecule has 1 aromatic carbocycles. The molecular weight excluding hydrogens is 294 g/mol. The van der Waals surface area contributed by atoms with Gasteiger partial charge in [-0.05, 0) is 56.5 Å². The second-order valence-corrected chi connectivity index (χ2v) is 8.05. The zero-order valence-electron chi connectivity index (χ0n) is 12.2. The van der Waals surface area contributed by atoms with Gasteiger partial charge in [0.2, 0.25) is 0 Å². The highest BCUT2D eigenvalue weighted by molar-refractivity contribution is 7.91. The average Bonchev–Trinajstić information content (AvgIpc) is 2.39. The Labute approximate surface area is 127 Å². The topological polar surface area (TPSA) is 46.2 Å².